The third kappa shape index (κ3) is 4.11. The van der Waals surface area contributed by atoms with Crippen molar-refractivity contribution in [3.05, 3.63) is 35.6 Å². The average Bonchev–Trinajstić information content (AvgIpc) is 2.93. The molecule has 1 aromatic rings. The quantitative estimate of drug-likeness (QED) is 0.819. The number of halogens is 4. The predicted molar refractivity (Wildman–Crippen MR) is 81.2 cm³/mol. The Bertz CT molecular complexity index is 662. The van der Waals surface area contributed by atoms with Crippen molar-refractivity contribution in [1.29, 1.82) is 0 Å². The number of hydrogen-bond acceptors (Lipinski definition) is 2. The van der Waals surface area contributed by atoms with Gasteiger partial charge in [-0.25, -0.2) is 4.39 Å². The van der Waals surface area contributed by atoms with Crippen LogP contribution >= 0.6 is 0 Å². The number of carbonyl (C=O) groups excluding carboxylic acids is 1. The number of alkyl halides is 3. The topological polar surface area (TPSA) is 57.6 Å². The van der Waals surface area contributed by atoms with Gasteiger partial charge in [0, 0.05) is 19.5 Å². The fourth-order valence-corrected chi connectivity index (χ4v) is 3.12. The molecule has 2 atom stereocenters. The first kappa shape index (κ1) is 19.2. The summed E-state index contributed by atoms with van der Waals surface area (Å²) < 4.78 is 52.6. The van der Waals surface area contributed by atoms with Crippen LogP contribution in [0, 0.1) is 17.2 Å². The van der Waals surface area contributed by atoms with Crippen molar-refractivity contribution < 1.29 is 32.3 Å². The summed E-state index contributed by atoms with van der Waals surface area (Å²) in [6, 6.07) is 5.89. The maximum atomic E-state index is 13.2. The summed E-state index contributed by atoms with van der Waals surface area (Å²) in [7, 11) is 0. The van der Waals surface area contributed by atoms with Crippen molar-refractivity contribution in [2.45, 2.75) is 32.4 Å². The first-order valence-corrected chi connectivity index (χ1v) is 7.87. The van der Waals surface area contributed by atoms with Crippen molar-refractivity contribution in [3.8, 4) is 0 Å². The zero-order chi connectivity index (χ0) is 18.8. The minimum absolute atomic E-state index is 0.0237. The minimum Gasteiger partial charge on any atom is -0.481 e. The van der Waals surface area contributed by atoms with Gasteiger partial charge in [0.05, 0.1) is 0 Å². The molecule has 0 bridgehead atoms. The number of hydrogen-bond donors (Lipinski definition) is 1. The Morgan fingerprint density at radius 2 is 2.04 bits per heavy atom. The Kier molecular flexibility index (Phi) is 5.39. The van der Waals surface area contributed by atoms with E-state index in [1.807, 2.05) is 0 Å². The molecule has 0 spiro atoms. The largest absolute Gasteiger partial charge is 0.481 e. The summed E-state index contributed by atoms with van der Waals surface area (Å²) in [5.41, 5.74) is -2.20. The number of carboxylic acid groups (broad SMARTS) is 1. The molecular weight excluding hydrogens is 342 g/mol. The molecule has 1 aliphatic rings. The van der Waals surface area contributed by atoms with Gasteiger partial charge in [0.2, 0.25) is 5.91 Å². The van der Waals surface area contributed by atoms with Gasteiger partial charge >= 0.3 is 12.1 Å². The van der Waals surface area contributed by atoms with E-state index < -0.39 is 42.3 Å². The van der Waals surface area contributed by atoms with Crippen molar-refractivity contribution in [1.82, 2.24) is 4.90 Å². The number of rotatable bonds is 5. The van der Waals surface area contributed by atoms with Gasteiger partial charge in [-0.2, -0.15) is 13.2 Å². The first-order valence-electron chi connectivity index (χ1n) is 7.87. The lowest BCUT2D eigenvalue weighted by atomic mass is 9.86. The highest BCUT2D eigenvalue weighted by molar-refractivity contribution is 5.81. The molecule has 1 aromatic carbocycles. The second kappa shape index (κ2) is 7.01. The SMILES string of the molecule is CC(CC(=O)N1CCC(C(=O)O)(C(F)(F)F)C1)Cc1cccc(F)c1. The number of aliphatic carboxylic acids is 1. The molecule has 0 radical (unpaired) electrons. The maximum absolute atomic E-state index is 13.2. The van der Waals surface area contributed by atoms with Crippen LogP contribution in [0.15, 0.2) is 24.3 Å². The van der Waals surface area contributed by atoms with Gasteiger partial charge in [-0.3, -0.25) is 9.59 Å². The lowest BCUT2D eigenvalue weighted by Crippen LogP contribution is -2.47. The number of nitrogens with zero attached hydrogens (tertiary/aromatic N) is 1. The molecule has 0 aliphatic carbocycles. The standard InChI is InChI=1S/C17H19F4NO3/c1-11(7-12-3-2-4-13(18)9-12)8-14(23)22-6-5-16(10-22,15(24)25)17(19,20)21/h2-4,9,11H,5-8,10H2,1H3,(H,24,25). The molecule has 1 heterocycles. The molecule has 0 aromatic heterocycles. The van der Waals surface area contributed by atoms with Crippen LogP contribution in [-0.4, -0.2) is 41.1 Å². The van der Waals surface area contributed by atoms with Crippen LogP contribution in [0.3, 0.4) is 0 Å². The predicted octanol–water partition coefficient (Wildman–Crippen LogP) is 3.26. The Hall–Kier alpha value is -2.12. The summed E-state index contributed by atoms with van der Waals surface area (Å²) in [5.74, 6) is -3.08. The van der Waals surface area contributed by atoms with E-state index in [1.165, 1.54) is 12.1 Å². The highest BCUT2D eigenvalue weighted by Gasteiger charge is 2.64. The van der Waals surface area contributed by atoms with Crippen LogP contribution in [0.2, 0.25) is 0 Å². The van der Waals surface area contributed by atoms with Crippen LogP contribution in [0.25, 0.3) is 0 Å². The van der Waals surface area contributed by atoms with Crippen molar-refractivity contribution in [2.75, 3.05) is 13.1 Å². The molecule has 1 fully saturated rings. The summed E-state index contributed by atoms with van der Waals surface area (Å²) >= 11 is 0. The minimum atomic E-state index is -4.92. The van der Waals surface area contributed by atoms with E-state index in [2.05, 4.69) is 0 Å². The van der Waals surface area contributed by atoms with Gasteiger partial charge in [0.1, 0.15) is 5.82 Å². The molecule has 1 amide bonds. The fourth-order valence-electron chi connectivity index (χ4n) is 3.12. The Morgan fingerprint density at radius 3 is 2.56 bits per heavy atom. The van der Waals surface area contributed by atoms with Crippen LogP contribution < -0.4 is 0 Å². The average molecular weight is 361 g/mol. The highest BCUT2D eigenvalue weighted by Crippen LogP contribution is 2.45. The molecule has 25 heavy (non-hydrogen) atoms. The molecule has 1 N–H and O–H groups in total. The first-order chi connectivity index (χ1) is 11.5. The summed E-state index contributed by atoms with van der Waals surface area (Å²) in [4.78, 5) is 24.3. The maximum Gasteiger partial charge on any atom is 0.406 e. The lowest BCUT2D eigenvalue weighted by molar-refractivity contribution is -0.227. The Morgan fingerprint density at radius 1 is 1.36 bits per heavy atom. The highest BCUT2D eigenvalue weighted by atomic mass is 19.4. The third-order valence-electron chi connectivity index (χ3n) is 4.57. The van der Waals surface area contributed by atoms with E-state index >= 15 is 0 Å². The van der Waals surface area contributed by atoms with Crippen molar-refractivity contribution in [3.63, 3.8) is 0 Å². The number of amides is 1. The molecule has 4 nitrogen and oxygen atoms in total. The van der Waals surface area contributed by atoms with Crippen LogP contribution in [0.1, 0.15) is 25.3 Å². The van der Waals surface area contributed by atoms with E-state index in [0.29, 0.717) is 12.0 Å². The summed E-state index contributed by atoms with van der Waals surface area (Å²) in [6.07, 6.45) is -5.18. The van der Waals surface area contributed by atoms with Crippen LogP contribution in [-0.2, 0) is 16.0 Å². The van der Waals surface area contributed by atoms with Gasteiger partial charge in [-0.05, 0) is 36.5 Å². The van der Waals surface area contributed by atoms with E-state index in [-0.39, 0.29) is 18.9 Å². The normalized spacial score (nSPS) is 22.0. The Labute approximate surface area is 142 Å². The van der Waals surface area contributed by atoms with E-state index in [9.17, 15) is 27.2 Å². The van der Waals surface area contributed by atoms with Gasteiger partial charge < -0.3 is 10.0 Å². The zero-order valence-corrected chi connectivity index (χ0v) is 13.6. The van der Waals surface area contributed by atoms with Crippen molar-refractivity contribution in [2.24, 2.45) is 11.3 Å². The molecule has 1 aliphatic heterocycles. The number of benzene rings is 1. The molecule has 1 saturated heterocycles. The number of carboxylic acids is 1. The van der Waals surface area contributed by atoms with E-state index in [0.717, 1.165) is 4.90 Å². The van der Waals surface area contributed by atoms with E-state index in [4.69, 9.17) is 5.11 Å². The number of carbonyl (C=O) groups is 2. The molecule has 8 heteroatoms. The van der Waals surface area contributed by atoms with Crippen molar-refractivity contribution >= 4 is 11.9 Å². The smallest absolute Gasteiger partial charge is 0.406 e. The van der Waals surface area contributed by atoms with Crippen LogP contribution in [0.5, 0.6) is 0 Å². The van der Waals surface area contributed by atoms with Gasteiger partial charge in [-0.15, -0.1) is 0 Å². The number of likely N-dealkylation sites (tertiary alicyclic amines) is 1. The lowest BCUT2D eigenvalue weighted by Gasteiger charge is -2.27. The Balaban J connectivity index is 1.99. The second-order valence-corrected chi connectivity index (χ2v) is 6.59. The van der Waals surface area contributed by atoms with Gasteiger partial charge in [-0.1, -0.05) is 19.1 Å². The van der Waals surface area contributed by atoms with Gasteiger partial charge in [0.25, 0.3) is 0 Å². The third-order valence-corrected chi connectivity index (χ3v) is 4.57. The second-order valence-electron chi connectivity index (χ2n) is 6.59. The molecular formula is C17H19F4NO3. The molecule has 2 unspecified atom stereocenters. The fraction of sp³-hybridized carbons (Fsp3) is 0.529. The van der Waals surface area contributed by atoms with Crippen LogP contribution in [0.4, 0.5) is 17.6 Å². The monoisotopic (exact) mass is 361 g/mol. The summed E-state index contributed by atoms with van der Waals surface area (Å²) in [6.45, 7) is 0.641. The molecule has 2 rings (SSSR count). The molecule has 0 saturated carbocycles. The zero-order valence-electron chi connectivity index (χ0n) is 13.6. The molecule has 138 valence electrons. The van der Waals surface area contributed by atoms with E-state index in [1.54, 1.807) is 19.1 Å². The summed E-state index contributed by atoms with van der Waals surface area (Å²) in [5, 5.41) is 9.01. The van der Waals surface area contributed by atoms with Gasteiger partial charge in [0.15, 0.2) is 5.41 Å².